The molecule has 3 amide bonds. The summed E-state index contributed by atoms with van der Waals surface area (Å²) in [6.07, 6.45) is 5.84. The molecule has 2 fully saturated rings. The molecular formula is C25H23FN6O3. The summed E-state index contributed by atoms with van der Waals surface area (Å²) in [4.78, 5) is 36.0. The van der Waals surface area contributed by atoms with E-state index in [1.165, 1.54) is 11.0 Å². The summed E-state index contributed by atoms with van der Waals surface area (Å²) in [7, 11) is 0. The summed E-state index contributed by atoms with van der Waals surface area (Å²) in [5.41, 5.74) is 3.88. The zero-order valence-corrected chi connectivity index (χ0v) is 19.0. The molecule has 0 unspecified atom stereocenters. The molecule has 5 heterocycles. The van der Waals surface area contributed by atoms with Crippen molar-refractivity contribution in [2.45, 2.75) is 25.9 Å². The molecule has 2 saturated heterocycles. The van der Waals surface area contributed by atoms with Crippen LogP contribution >= 0.6 is 0 Å². The van der Waals surface area contributed by atoms with Crippen LogP contribution in [0.4, 0.5) is 32.1 Å². The largest absolute Gasteiger partial charge is 0.485 e. The van der Waals surface area contributed by atoms with E-state index in [0.717, 1.165) is 17.5 Å². The zero-order chi connectivity index (χ0) is 24.1. The molecule has 178 valence electrons. The number of aromatic nitrogens is 2. The molecule has 2 N–H and O–H groups in total. The lowest BCUT2D eigenvalue weighted by Crippen LogP contribution is -2.27. The van der Waals surface area contributed by atoms with Gasteiger partial charge in [-0.25, -0.2) is 14.2 Å². The molecular weight excluding hydrogens is 451 g/mol. The molecule has 0 radical (unpaired) electrons. The van der Waals surface area contributed by atoms with Gasteiger partial charge in [0.2, 0.25) is 5.91 Å². The Bertz CT molecular complexity index is 1360. The van der Waals surface area contributed by atoms with Gasteiger partial charge in [-0.3, -0.25) is 14.7 Å². The molecule has 0 aliphatic carbocycles. The zero-order valence-electron chi connectivity index (χ0n) is 19.0. The number of pyridine rings is 2. The predicted molar refractivity (Wildman–Crippen MR) is 129 cm³/mol. The van der Waals surface area contributed by atoms with Crippen molar-refractivity contribution in [2.75, 3.05) is 34.8 Å². The molecule has 0 spiro atoms. The Balaban J connectivity index is 1.30. The molecule has 1 atom stereocenters. The van der Waals surface area contributed by atoms with Crippen LogP contribution in [0.3, 0.4) is 0 Å². The van der Waals surface area contributed by atoms with Gasteiger partial charge in [-0.15, -0.1) is 0 Å². The maximum atomic E-state index is 15.0. The van der Waals surface area contributed by atoms with Gasteiger partial charge >= 0.3 is 6.03 Å². The summed E-state index contributed by atoms with van der Waals surface area (Å²) in [5.74, 6) is 0.574. The summed E-state index contributed by atoms with van der Waals surface area (Å²) in [5, 5.41) is 6.01. The molecule has 1 aromatic carbocycles. The number of rotatable bonds is 4. The van der Waals surface area contributed by atoms with E-state index < -0.39 is 5.82 Å². The van der Waals surface area contributed by atoms with Gasteiger partial charge in [-0.1, -0.05) is 0 Å². The number of nitrogens with zero attached hydrogens (tertiary/aromatic N) is 4. The summed E-state index contributed by atoms with van der Waals surface area (Å²) in [6.45, 7) is 3.61. The van der Waals surface area contributed by atoms with Crippen LogP contribution in [-0.2, 0) is 4.79 Å². The molecule has 0 saturated carbocycles. The molecule has 3 aliphatic heterocycles. The highest BCUT2D eigenvalue weighted by Crippen LogP contribution is 2.45. The van der Waals surface area contributed by atoms with Gasteiger partial charge in [0.25, 0.3) is 0 Å². The Morgan fingerprint density at radius 3 is 2.74 bits per heavy atom. The number of nitrogens with one attached hydrogen (secondary N) is 2. The first-order valence-corrected chi connectivity index (χ1v) is 11.6. The number of halogens is 1. The average molecular weight is 474 g/mol. The normalized spacial score (nSPS) is 18.7. The third-order valence-electron chi connectivity index (χ3n) is 6.55. The minimum absolute atomic E-state index is 0.0746. The van der Waals surface area contributed by atoms with E-state index in [2.05, 4.69) is 20.6 Å². The molecule has 3 aliphatic rings. The van der Waals surface area contributed by atoms with Crippen LogP contribution < -0.4 is 25.2 Å². The van der Waals surface area contributed by atoms with Crippen molar-refractivity contribution in [1.29, 1.82) is 0 Å². The number of carbonyl (C=O) groups excluding carboxylic acids is 2. The molecule has 10 heteroatoms. The minimum atomic E-state index is -0.459. The van der Waals surface area contributed by atoms with Crippen molar-refractivity contribution < 1.29 is 18.7 Å². The van der Waals surface area contributed by atoms with Gasteiger partial charge in [-0.2, -0.15) is 0 Å². The lowest BCUT2D eigenvalue weighted by atomic mass is 9.94. The fraction of sp³-hybridized carbons (Fsp3) is 0.280. The lowest BCUT2D eigenvalue weighted by Gasteiger charge is -2.28. The van der Waals surface area contributed by atoms with Crippen molar-refractivity contribution >= 4 is 34.8 Å². The minimum Gasteiger partial charge on any atom is -0.485 e. The Morgan fingerprint density at radius 1 is 1.09 bits per heavy atom. The van der Waals surface area contributed by atoms with Gasteiger partial charge in [0, 0.05) is 55.0 Å². The van der Waals surface area contributed by atoms with Crippen molar-refractivity contribution in [3.05, 3.63) is 54.2 Å². The van der Waals surface area contributed by atoms with E-state index in [1.54, 1.807) is 29.6 Å². The van der Waals surface area contributed by atoms with Gasteiger partial charge in [0.15, 0.2) is 0 Å². The number of amides is 3. The Morgan fingerprint density at radius 2 is 1.97 bits per heavy atom. The fourth-order valence-corrected chi connectivity index (χ4v) is 4.82. The molecule has 35 heavy (non-hydrogen) atoms. The number of hydrogen-bond donors (Lipinski definition) is 2. The van der Waals surface area contributed by atoms with Crippen LogP contribution in [0.15, 0.2) is 42.9 Å². The Labute approximate surface area is 200 Å². The number of hydrogen-bond acceptors (Lipinski definition) is 6. The van der Waals surface area contributed by atoms with E-state index in [9.17, 15) is 9.59 Å². The monoisotopic (exact) mass is 474 g/mol. The first-order valence-electron chi connectivity index (χ1n) is 11.6. The summed E-state index contributed by atoms with van der Waals surface area (Å²) < 4.78 is 21.2. The van der Waals surface area contributed by atoms with E-state index >= 15 is 4.39 Å². The van der Waals surface area contributed by atoms with Crippen molar-refractivity contribution in [2.24, 2.45) is 0 Å². The second-order valence-corrected chi connectivity index (χ2v) is 8.81. The molecule has 2 aromatic heterocycles. The Kier molecular flexibility index (Phi) is 5.01. The number of anilines is 4. The highest BCUT2D eigenvalue weighted by atomic mass is 19.1. The van der Waals surface area contributed by atoms with Crippen molar-refractivity contribution in [1.82, 2.24) is 15.3 Å². The van der Waals surface area contributed by atoms with Crippen LogP contribution in [-0.4, -0.2) is 41.5 Å². The van der Waals surface area contributed by atoms with Crippen molar-refractivity contribution in [3.63, 3.8) is 0 Å². The van der Waals surface area contributed by atoms with Crippen molar-refractivity contribution in [3.8, 4) is 16.9 Å². The van der Waals surface area contributed by atoms with E-state index in [0.29, 0.717) is 54.6 Å². The smallest absolute Gasteiger partial charge is 0.322 e. The maximum absolute atomic E-state index is 15.0. The van der Waals surface area contributed by atoms with Crippen LogP contribution in [0, 0.1) is 5.82 Å². The second kappa shape index (κ2) is 8.23. The van der Waals surface area contributed by atoms with Gasteiger partial charge in [-0.05, 0) is 31.5 Å². The number of benzene rings is 1. The van der Waals surface area contributed by atoms with Gasteiger partial charge in [0.1, 0.15) is 23.5 Å². The van der Waals surface area contributed by atoms with Crippen LogP contribution in [0.25, 0.3) is 11.1 Å². The third-order valence-corrected chi connectivity index (χ3v) is 6.55. The number of ether oxygens (including phenoxy) is 1. The average Bonchev–Trinajstić information content (AvgIpc) is 3.47. The first-order chi connectivity index (χ1) is 17.0. The fourth-order valence-electron chi connectivity index (χ4n) is 4.82. The molecule has 9 nitrogen and oxygen atoms in total. The van der Waals surface area contributed by atoms with Gasteiger partial charge in [0.05, 0.1) is 29.5 Å². The number of carbonyl (C=O) groups is 2. The summed E-state index contributed by atoms with van der Waals surface area (Å²) in [6, 6.07) is 6.60. The van der Waals surface area contributed by atoms with E-state index in [-0.39, 0.29) is 23.7 Å². The van der Waals surface area contributed by atoms with Crippen LogP contribution in [0.5, 0.6) is 5.75 Å². The third kappa shape index (κ3) is 3.71. The number of fused-ring (bicyclic) bond motifs is 3. The highest BCUT2D eigenvalue weighted by Gasteiger charge is 2.30. The first kappa shape index (κ1) is 21.3. The second-order valence-electron chi connectivity index (χ2n) is 8.81. The topological polar surface area (TPSA) is 99.7 Å². The van der Waals surface area contributed by atoms with Gasteiger partial charge < -0.3 is 20.3 Å². The Hall–Kier alpha value is -4.21. The van der Waals surface area contributed by atoms with Crippen LogP contribution in [0.1, 0.15) is 31.4 Å². The molecule has 3 aromatic rings. The summed E-state index contributed by atoms with van der Waals surface area (Å²) >= 11 is 0. The highest BCUT2D eigenvalue weighted by molar-refractivity contribution is 5.96. The molecule has 6 rings (SSSR count). The predicted octanol–water partition coefficient (Wildman–Crippen LogP) is 4.14. The standard InChI is InChI=1S/C25H23FN6O3/c1-14-17-9-23(30-15-7-16(12-27-11-15)31-6-4-28-25(31)34)29-13-19(17)18-8-20(26)21(10-22(18)35-14)32-5-2-3-24(32)33/h7-14H,2-6H2,1H3,(H,28,34)(H,29,30)/t14-/m0/s1. The lowest BCUT2D eigenvalue weighted by molar-refractivity contribution is -0.117. The molecule has 0 bridgehead atoms. The SMILES string of the molecule is C[C@@H]1Oc2cc(N3CCCC3=O)c(F)cc2-c2cnc(Nc3cncc(N4CCNC4=O)c3)cc21. The quantitative estimate of drug-likeness (QED) is 0.590. The van der Waals surface area contributed by atoms with Crippen LogP contribution in [0.2, 0.25) is 0 Å². The van der Waals surface area contributed by atoms with E-state index in [4.69, 9.17) is 4.74 Å². The number of urea groups is 1. The maximum Gasteiger partial charge on any atom is 0.322 e. The van der Waals surface area contributed by atoms with E-state index in [1.807, 2.05) is 19.1 Å².